The zero-order chi connectivity index (χ0) is 23.3. The van der Waals surface area contributed by atoms with Gasteiger partial charge in [-0.25, -0.2) is 14.0 Å². The van der Waals surface area contributed by atoms with Crippen molar-refractivity contribution in [2.45, 2.75) is 26.8 Å². The average Bonchev–Trinajstić information content (AvgIpc) is 2.74. The van der Waals surface area contributed by atoms with Gasteiger partial charge in [0.1, 0.15) is 5.82 Å². The fourth-order valence-corrected chi connectivity index (χ4v) is 3.92. The Kier molecular flexibility index (Phi) is 7.42. The number of allylic oxidation sites excluding steroid dienone is 1. The van der Waals surface area contributed by atoms with Crippen molar-refractivity contribution in [2.75, 3.05) is 23.8 Å². The molecule has 0 saturated heterocycles. The molecule has 0 radical (unpaired) electrons. The van der Waals surface area contributed by atoms with E-state index in [1.54, 1.807) is 31.2 Å². The van der Waals surface area contributed by atoms with Crippen LogP contribution in [-0.2, 0) is 9.53 Å². The van der Waals surface area contributed by atoms with Crippen molar-refractivity contribution in [3.63, 3.8) is 0 Å². The number of nitrogens with zero attached hydrogens (tertiary/aromatic N) is 1. The molecule has 1 unspecified atom stereocenters. The van der Waals surface area contributed by atoms with Crippen LogP contribution in [0.2, 0.25) is 0 Å². The number of esters is 1. The minimum absolute atomic E-state index is 0.251. The molecule has 168 valence electrons. The molecule has 3 rings (SSSR count). The minimum atomic E-state index is -0.530. The maximum atomic E-state index is 13.3. The van der Waals surface area contributed by atoms with E-state index in [-0.39, 0.29) is 6.61 Å². The Morgan fingerprint density at radius 1 is 1.12 bits per heavy atom. The van der Waals surface area contributed by atoms with Crippen LogP contribution in [0.1, 0.15) is 32.4 Å². The number of rotatable bonds is 6. The Labute approximate surface area is 191 Å². The number of ether oxygens (including phenoxy) is 1. The fourth-order valence-electron chi connectivity index (χ4n) is 3.54. The second-order valence-corrected chi connectivity index (χ2v) is 7.45. The molecule has 0 spiro atoms. The molecule has 32 heavy (non-hydrogen) atoms. The first-order chi connectivity index (χ1) is 15.3. The highest BCUT2D eigenvalue weighted by atomic mass is 32.1. The van der Waals surface area contributed by atoms with Crippen molar-refractivity contribution >= 4 is 40.7 Å². The molecule has 0 fully saturated rings. The second-order valence-electron chi connectivity index (χ2n) is 7.06. The predicted molar refractivity (Wildman–Crippen MR) is 126 cm³/mol. The van der Waals surface area contributed by atoms with Gasteiger partial charge in [0.05, 0.1) is 18.2 Å². The van der Waals surface area contributed by atoms with Gasteiger partial charge in [-0.2, -0.15) is 0 Å². The molecule has 2 amide bonds. The van der Waals surface area contributed by atoms with Gasteiger partial charge in [0.25, 0.3) is 0 Å². The summed E-state index contributed by atoms with van der Waals surface area (Å²) < 4.78 is 18.6. The van der Waals surface area contributed by atoms with Crippen molar-refractivity contribution in [3.05, 3.63) is 71.2 Å². The summed E-state index contributed by atoms with van der Waals surface area (Å²) in [6.45, 7) is 6.39. The molecule has 2 aromatic carbocycles. The quantitative estimate of drug-likeness (QED) is 0.437. The van der Waals surface area contributed by atoms with Crippen molar-refractivity contribution in [2.24, 2.45) is 0 Å². The number of amides is 2. The summed E-state index contributed by atoms with van der Waals surface area (Å²) in [5.41, 5.74) is 2.75. The molecule has 1 heterocycles. The van der Waals surface area contributed by atoms with E-state index in [0.717, 1.165) is 11.3 Å². The van der Waals surface area contributed by atoms with Gasteiger partial charge in [-0.15, -0.1) is 0 Å². The van der Waals surface area contributed by atoms with E-state index in [4.69, 9.17) is 17.0 Å². The number of benzene rings is 2. The van der Waals surface area contributed by atoms with Crippen molar-refractivity contribution < 1.29 is 18.7 Å². The van der Waals surface area contributed by atoms with Crippen LogP contribution in [-0.4, -0.2) is 35.2 Å². The Bertz CT molecular complexity index is 1070. The number of thiocarbonyl (C=S) groups is 1. The third-order valence-electron chi connectivity index (χ3n) is 4.97. The van der Waals surface area contributed by atoms with Crippen LogP contribution in [0.25, 0.3) is 0 Å². The largest absolute Gasteiger partial charge is 0.463 e. The summed E-state index contributed by atoms with van der Waals surface area (Å²) in [5.74, 6) is -0.871. The topological polar surface area (TPSA) is 82.7 Å². The lowest BCUT2D eigenvalue weighted by Crippen LogP contribution is -2.47. The fraction of sp³-hybridized carbons (Fsp3) is 0.261. The molecule has 1 aliphatic rings. The molecule has 0 bridgehead atoms. The van der Waals surface area contributed by atoms with E-state index in [9.17, 15) is 14.0 Å². The Morgan fingerprint density at radius 3 is 2.41 bits per heavy atom. The molecular weight excluding hydrogens is 431 g/mol. The number of halogens is 1. The number of nitrogens with one attached hydrogen (secondary N) is 3. The van der Waals surface area contributed by atoms with E-state index in [1.165, 1.54) is 18.2 Å². The Balaban J connectivity index is 1.86. The van der Waals surface area contributed by atoms with E-state index < -0.39 is 23.9 Å². The zero-order valence-corrected chi connectivity index (χ0v) is 18.9. The van der Waals surface area contributed by atoms with Crippen LogP contribution in [0, 0.1) is 5.82 Å². The van der Waals surface area contributed by atoms with Crippen LogP contribution >= 0.6 is 12.2 Å². The number of carbonyl (C=O) groups excluding carboxylic acids is 2. The first-order valence-corrected chi connectivity index (χ1v) is 10.6. The molecule has 7 nitrogen and oxygen atoms in total. The number of urea groups is 1. The second kappa shape index (κ2) is 10.2. The zero-order valence-electron chi connectivity index (χ0n) is 18.1. The van der Waals surface area contributed by atoms with Gasteiger partial charge in [-0.3, -0.25) is 0 Å². The highest BCUT2D eigenvalue weighted by Gasteiger charge is 2.34. The lowest BCUT2D eigenvalue weighted by Gasteiger charge is -2.37. The van der Waals surface area contributed by atoms with Crippen LogP contribution in [0.4, 0.5) is 20.6 Å². The molecule has 0 aromatic heterocycles. The van der Waals surface area contributed by atoms with Gasteiger partial charge < -0.3 is 25.6 Å². The lowest BCUT2D eigenvalue weighted by molar-refractivity contribution is -0.139. The molecule has 1 atom stereocenters. The Hall–Kier alpha value is -3.46. The summed E-state index contributed by atoms with van der Waals surface area (Å²) in [7, 11) is 0. The molecule has 2 aromatic rings. The van der Waals surface area contributed by atoms with Gasteiger partial charge in [-0.05, 0) is 68.9 Å². The maximum absolute atomic E-state index is 13.3. The molecular formula is C23H25FN4O3S. The third kappa shape index (κ3) is 5.23. The van der Waals surface area contributed by atoms with Gasteiger partial charge >= 0.3 is 12.0 Å². The number of hydrogen-bond donors (Lipinski definition) is 3. The smallest absolute Gasteiger partial charge is 0.338 e. The number of hydrogen-bond acceptors (Lipinski definition) is 4. The molecule has 1 aliphatic heterocycles. The maximum Gasteiger partial charge on any atom is 0.338 e. The van der Waals surface area contributed by atoms with E-state index in [1.807, 2.05) is 24.8 Å². The molecule has 0 saturated carbocycles. The first kappa shape index (κ1) is 23.2. The van der Waals surface area contributed by atoms with Gasteiger partial charge in [0, 0.05) is 23.6 Å². The molecule has 0 aliphatic carbocycles. The molecule has 9 heteroatoms. The van der Waals surface area contributed by atoms with E-state index in [2.05, 4.69) is 16.0 Å². The van der Waals surface area contributed by atoms with Crippen LogP contribution in [0.15, 0.2) is 59.8 Å². The third-order valence-corrected chi connectivity index (χ3v) is 5.31. The highest BCUT2D eigenvalue weighted by Crippen LogP contribution is 2.32. The van der Waals surface area contributed by atoms with Crippen LogP contribution in [0.3, 0.4) is 0 Å². The average molecular weight is 457 g/mol. The standard InChI is InChI=1S/C23H25FN4O3S/c1-4-28-14(3)19(21(29)31-5-2)20(27-23(28)32)15-8-6-10-17(12-15)25-22(30)26-18-11-7-9-16(24)13-18/h6-13,20H,4-5H2,1-3H3,(H,27,32)(H2,25,26,30). The Morgan fingerprint density at radius 2 is 1.78 bits per heavy atom. The van der Waals surface area contributed by atoms with E-state index in [0.29, 0.717) is 28.6 Å². The lowest BCUT2D eigenvalue weighted by atomic mass is 9.94. The monoisotopic (exact) mass is 456 g/mol. The number of carbonyl (C=O) groups is 2. The predicted octanol–water partition coefficient (Wildman–Crippen LogP) is 4.56. The SMILES string of the molecule is CCOC(=O)C1=C(C)N(CC)C(=S)NC1c1cccc(NC(=O)Nc2cccc(F)c2)c1. The highest BCUT2D eigenvalue weighted by molar-refractivity contribution is 7.80. The van der Waals surface area contributed by atoms with E-state index >= 15 is 0 Å². The summed E-state index contributed by atoms with van der Waals surface area (Å²) in [4.78, 5) is 26.9. The summed E-state index contributed by atoms with van der Waals surface area (Å²) in [6, 6.07) is 11.6. The van der Waals surface area contributed by atoms with Crippen LogP contribution in [0.5, 0.6) is 0 Å². The number of anilines is 2. The van der Waals surface area contributed by atoms with Crippen molar-refractivity contribution in [1.29, 1.82) is 0 Å². The van der Waals surface area contributed by atoms with Gasteiger partial charge in [-0.1, -0.05) is 18.2 Å². The summed E-state index contributed by atoms with van der Waals surface area (Å²) in [6.07, 6.45) is 0. The first-order valence-electron chi connectivity index (χ1n) is 10.2. The van der Waals surface area contributed by atoms with Gasteiger partial charge in [0.15, 0.2) is 5.11 Å². The normalized spacial score (nSPS) is 15.8. The summed E-state index contributed by atoms with van der Waals surface area (Å²) >= 11 is 5.49. The van der Waals surface area contributed by atoms with Crippen LogP contribution < -0.4 is 16.0 Å². The van der Waals surface area contributed by atoms with Crippen molar-refractivity contribution in [1.82, 2.24) is 10.2 Å². The minimum Gasteiger partial charge on any atom is -0.463 e. The summed E-state index contributed by atoms with van der Waals surface area (Å²) in [5, 5.41) is 9.02. The van der Waals surface area contributed by atoms with Gasteiger partial charge in [0.2, 0.25) is 0 Å². The molecule has 3 N–H and O–H groups in total. The van der Waals surface area contributed by atoms with Crippen molar-refractivity contribution in [3.8, 4) is 0 Å².